The number of aromatic nitrogens is 2. The zero-order valence-corrected chi connectivity index (χ0v) is 20.0. The fraction of sp³-hybridized carbons (Fsp3) is 0.320. The molecule has 0 saturated carbocycles. The highest BCUT2D eigenvalue weighted by atomic mass is 32.1. The molecule has 1 aliphatic rings. The maximum Gasteiger partial charge on any atom is 0.337 e. The highest BCUT2D eigenvalue weighted by Crippen LogP contribution is 2.39. The van der Waals surface area contributed by atoms with Crippen molar-refractivity contribution >= 4 is 23.3 Å². The standard InChI is InChI=1S/C25H29N5O2S/c1-28(2)14-8-16-30-23(22(27-25(30)33)20-11-4-5-13-26-20)21-12-7-15-29(21)19-10-6-9-18(17-19)24(31)32-3/h4-7,9-13,15,17,22-23H,8,14,16H2,1-3H3,(H,27,33)/t22-,23-/m0/s1. The molecule has 0 spiro atoms. The highest BCUT2D eigenvalue weighted by molar-refractivity contribution is 7.80. The predicted octanol–water partition coefficient (Wildman–Crippen LogP) is 3.58. The van der Waals surface area contributed by atoms with E-state index in [0.717, 1.165) is 41.7 Å². The van der Waals surface area contributed by atoms with Crippen LogP contribution in [0, 0.1) is 0 Å². The summed E-state index contributed by atoms with van der Waals surface area (Å²) in [6.07, 6.45) is 4.81. The van der Waals surface area contributed by atoms with Crippen LogP contribution < -0.4 is 5.32 Å². The molecular formula is C25H29N5O2S. The van der Waals surface area contributed by atoms with Crippen molar-refractivity contribution in [2.24, 2.45) is 0 Å². The fourth-order valence-corrected chi connectivity index (χ4v) is 4.63. The molecule has 4 rings (SSSR count). The van der Waals surface area contributed by atoms with Gasteiger partial charge in [-0.3, -0.25) is 4.98 Å². The van der Waals surface area contributed by atoms with Gasteiger partial charge in [0.05, 0.1) is 30.5 Å². The Kier molecular flexibility index (Phi) is 7.05. The Morgan fingerprint density at radius 2 is 2.03 bits per heavy atom. The number of nitrogens with zero attached hydrogens (tertiary/aromatic N) is 4. The number of hydrogen-bond donors (Lipinski definition) is 1. The van der Waals surface area contributed by atoms with Crippen LogP contribution in [0.2, 0.25) is 0 Å². The molecule has 1 saturated heterocycles. The van der Waals surface area contributed by atoms with Gasteiger partial charge in [-0.25, -0.2) is 4.79 Å². The van der Waals surface area contributed by atoms with Gasteiger partial charge in [0.2, 0.25) is 0 Å². The molecule has 3 aromatic rings. The first kappa shape index (κ1) is 22.9. The molecule has 2 atom stereocenters. The van der Waals surface area contributed by atoms with Crippen molar-refractivity contribution in [2.75, 3.05) is 34.3 Å². The van der Waals surface area contributed by atoms with E-state index in [2.05, 4.69) is 44.8 Å². The number of ether oxygens (including phenoxy) is 1. The van der Waals surface area contributed by atoms with Crippen LogP contribution in [-0.4, -0.2) is 64.7 Å². The van der Waals surface area contributed by atoms with E-state index < -0.39 is 0 Å². The predicted molar refractivity (Wildman–Crippen MR) is 132 cm³/mol. The number of carbonyl (C=O) groups is 1. The molecule has 1 aliphatic heterocycles. The van der Waals surface area contributed by atoms with Crippen molar-refractivity contribution in [1.29, 1.82) is 0 Å². The lowest BCUT2D eigenvalue weighted by Gasteiger charge is -2.29. The van der Waals surface area contributed by atoms with Gasteiger partial charge in [0.25, 0.3) is 0 Å². The summed E-state index contributed by atoms with van der Waals surface area (Å²) in [5.41, 5.74) is 3.42. The van der Waals surface area contributed by atoms with Gasteiger partial charge in [0, 0.05) is 30.3 Å². The molecule has 3 heterocycles. The maximum atomic E-state index is 12.1. The molecular weight excluding hydrogens is 434 g/mol. The molecule has 0 radical (unpaired) electrons. The molecule has 0 bridgehead atoms. The normalized spacial score (nSPS) is 17.9. The third-order valence-corrected chi connectivity index (χ3v) is 6.18. The summed E-state index contributed by atoms with van der Waals surface area (Å²) < 4.78 is 7.03. The summed E-state index contributed by atoms with van der Waals surface area (Å²) in [7, 11) is 5.55. The third kappa shape index (κ3) is 4.91. The van der Waals surface area contributed by atoms with E-state index in [0.29, 0.717) is 5.56 Å². The van der Waals surface area contributed by atoms with Crippen LogP contribution in [0.4, 0.5) is 0 Å². The minimum atomic E-state index is -0.356. The second kappa shape index (κ2) is 10.1. The van der Waals surface area contributed by atoms with Crippen molar-refractivity contribution < 1.29 is 9.53 Å². The molecule has 0 amide bonds. The monoisotopic (exact) mass is 463 g/mol. The van der Waals surface area contributed by atoms with Gasteiger partial charge < -0.3 is 24.4 Å². The largest absolute Gasteiger partial charge is 0.465 e. The SMILES string of the molecule is COC(=O)c1cccc(-n2cccc2[C@H]2[C@H](c3ccccn3)NC(=S)N2CCCN(C)C)c1. The number of methoxy groups -OCH3 is 1. The Morgan fingerprint density at radius 1 is 1.18 bits per heavy atom. The first-order valence-electron chi connectivity index (χ1n) is 11.0. The third-order valence-electron chi connectivity index (χ3n) is 5.83. The smallest absolute Gasteiger partial charge is 0.337 e. The van der Waals surface area contributed by atoms with E-state index in [1.54, 1.807) is 6.07 Å². The van der Waals surface area contributed by atoms with E-state index in [4.69, 9.17) is 17.0 Å². The topological polar surface area (TPSA) is 62.6 Å². The molecule has 1 fully saturated rings. The zero-order valence-electron chi connectivity index (χ0n) is 19.1. The van der Waals surface area contributed by atoms with Crippen LogP contribution in [0.3, 0.4) is 0 Å². The van der Waals surface area contributed by atoms with Gasteiger partial charge >= 0.3 is 5.97 Å². The fourth-order valence-electron chi connectivity index (χ4n) is 4.30. The molecule has 8 heteroatoms. The van der Waals surface area contributed by atoms with Crippen LogP contribution in [0.5, 0.6) is 0 Å². The summed E-state index contributed by atoms with van der Waals surface area (Å²) in [6, 6.07) is 17.4. The lowest BCUT2D eigenvalue weighted by molar-refractivity contribution is 0.0600. The number of pyridine rings is 1. The molecule has 1 aromatic carbocycles. The minimum absolute atomic E-state index is 0.0497. The summed E-state index contributed by atoms with van der Waals surface area (Å²) in [5, 5.41) is 4.24. The van der Waals surface area contributed by atoms with E-state index in [1.807, 2.05) is 54.9 Å². The van der Waals surface area contributed by atoms with Gasteiger partial charge in [-0.05, 0) is 81.7 Å². The second-order valence-electron chi connectivity index (χ2n) is 8.32. The summed E-state index contributed by atoms with van der Waals surface area (Å²) in [5.74, 6) is -0.356. The average Bonchev–Trinajstić information content (AvgIpc) is 3.43. The number of carbonyl (C=O) groups excluding carboxylic acids is 1. The summed E-state index contributed by atoms with van der Waals surface area (Å²) >= 11 is 5.78. The number of benzene rings is 1. The Balaban J connectivity index is 1.74. The van der Waals surface area contributed by atoms with E-state index in [-0.39, 0.29) is 18.1 Å². The summed E-state index contributed by atoms with van der Waals surface area (Å²) in [6.45, 7) is 1.80. The number of esters is 1. The molecule has 172 valence electrons. The second-order valence-corrected chi connectivity index (χ2v) is 8.71. The molecule has 0 unspecified atom stereocenters. The molecule has 1 N–H and O–H groups in total. The zero-order chi connectivity index (χ0) is 23.4. The van der Waals surface area contributed by atoms with E-state index >= 15 is 0 Å². The number of nitrogens with one attached hydrogen (secondary N) is 1. The minimum Gasteiger partial charge on any atom is -0.465 e. The van der Waals surface area contributed by atoms with Crippen molar-refractivity contribution in [1.82, 2.24) is 24.7 Å². The lowest BCUT2D eigenvalue weighted by Crippen LogP contribution is -2.33. The average molecular weight is 464 g/mol. The van der Waals surface area contributed by atoms with Crippen LogP contribution >= 0.6 is 12.2 Å². The molecule has 2 aromatic heterocycles. The van der Waals surface area contributed by atoms with E-state index in [1.165, 1.54) is 7.11 Å². The maximum absolute atomic E-state index is 12.1. The van der Waals surface area contributed by atoms with Crippen LogP contribution in [0.1, 0.15) is 40.3 Å². The first-order valence-corrected chi connectivity index (χ1v) is 11.4. The van der Waals surface area contributed by atoms with Crippen LogP contribution in [0.25, 0.3) is 5.69 Å². The van der Waals surface area contributed by atoms with Gasteiger partial charge in [0.15, 0.2) is 5.11 Å². The molecule has 7 nitrogen and oxygen atoms in total. The number of rotatable bonds is 8. The first-order chi connectivity index (χ1) is 16.0. The van der Waals surface area contributed by atoms with Crippen molar-refractivity contribution in [3.05, 3.63) is 83.9 Å². The van der Waals surface area contributed by atoms with Crippen molar-refractivity contribution in [3.8, 4) is 5.69 Å². The van der Waals surface area contributed by atoms with Crippen molar-refractivity contribution in [2.45, 2.75) is 18.5 Å². The van der Waals surface area contributed by atoms with Crippen LogP contribution in [-0.2, 0) is 4.74 Å². The van der Waals surface area contributed by atoms with Gasteiger partial charge in [-0.1, -0.05) is 12.1 Å². The Bertz CT molecular complexity index is 1110. The molecule has 33 heavy (non-hydrogen) atoms. The van der Waals surface area contributed by atoms with E-state index in [9.17, 15) is 4.79 Å². The number of hydrogen-bond acceptors (Lipinski definition) is 5. The van der Waals surface area contributed by atoms with Gasteiger partial charge in [-0.2, -0.15) is 0 Å². The van der Waals surface area contributed by atoms with Gasteiger partial charge in [-0.15, -0.1) is 0 Å². The Morgan fingerprint density at radius 3 is 2.76 bits per heavy atom. The Hall–Kier alpha value is -3.23. The lowest BCUT2D eigenvalue weighted by atomic mass is 10.0. The summed E-state index contributed by atoms with van der Waals surface area (Å²) in [4.78, 5) is 21.2. The quantitative estimate of drug-likeness (QED) is 0.405. The Labute approximate surface area is 200 Å². The van der Waals surface area contributed by atoms with Gasteiger partial charge in [0.1, 0.15) is 0 Å². The molecule has 0 aliphatic carbocycles. The highest BCUT2D eigenvalue weighted by Gasteiger charge is 2.41. The number of thiocarbonyl (C=S) groups is 1. The van der Waals surface area contributed by atoms with Crippen LogP contribution in [0.15, 0.2) is 67.0 Å². The van der Waals surface area contributed by atoms with Crippen molar-refractivity contribution in [3.63, 3.8) is 0 Å².